The Morgan fingerprint density at radius 1 is 1.50 bits per heavy atom. The first-order chi connectivity index (χ1) is 7.35. The molecular weight excluding hydrogens is 214 g/mol. The van der Waals surface area contributed by atoms with Crippen LogP contribution in [0.3, 0.4) is 0 Å². The molecule has 0 aromatic rings. The van der Waals surface area contributed by atoms with Crippen molar-refractivity contribution in [1.29, 1.82) is 0 Å². The summed E-state index contributed by atoms with van der Waals surface area (Å²) in [7, 11) is 2.68. The Bertz CT molecular complexity index is 323. The summed E-state index contributed by atoms with van der Waals surface area (Å²) >= 11 is 0. The smallest absolute Gasteiger partial charge is 0.299 e. The summed E-state index contributed by atoms with van der Waals surface area (Å²) < 4.78 is 10.3. The summed E-state index contributed by atoms with van der Waals surface area (Å²) in [6.07, 6.45) is 0.463. The molecule has 0 radical (unpaired) electrons. The predicted octanol–water partition coefficient (Wildman–Crippen LogP) is -0.667. The highest BCUT2D eigenvalue weighted by Gasteiger charge is 2.56. The van der Waals surface area contributed by atoms with Gasteiger partial charge in [0.05, 0.1) is 5.70 Å². The van der Waals surface area contributed by atoms with Crippen molar-refractivity contribution in [3.63, 3.8) is 0 Å². The van der Waals surface area contributed by atoms with Gasteiger partial charge in [0, 0.05) is 14.2 Å². The monoisotopic (exact) mass is 231 g/mol. The Kier molecular flexibility index (Phi) is 3.25. The van der Waals surface area contributed by atoms with E-state index in [2.05, 4.69) is 5.32 Å². The zero-order valence-corrected chi connectivity index (χ0v) is 9.77. The molecule has 7 heteroatoms. The minimum atomic E-state index is -1.59. The molecule has 1 rings (SSSR count). The molecule has 92 valence electrons. The minimum Gasteiger partial charge on any atom is -0.394 e. The highest BCUT2D eigenvalue weighted by Crippen LogP contribution is 2.37. The zero-order valence-electron chi connectivity index (χ0n) is 9.77. The molecule has 0 unspecified atom stereocenters. The average molecular weight is 231 g/mol. The van der Waals surface area contributed by atoms with Crippen molar-refractivity contribution in [2.24, 2.45) is 5.73 Å². The van der Waals surface area contributed by atoms with Crippen LogP contribution in [0, 0.1) is 0 Å². The number of nitrogens with one attached hydrogen (secondary N) is 1. The number of allylic oxidation sites excluding steroid dienone is 1. The molecule has 1 saturated heterocycles. The average Bonchev–Trinajstić information content (AvgIpc) is 2.47. The van der Waals surface area contributed by atoms with E-state index in [4.69, 9.17) is 15.2 Å². The van der Waals surface area contributed by atoms with Crippen LogP contribution in [0.15, 0.2) is 11.4 Å². The van der Waals surface area contributed by atoms with Crippen LogP contribution in [0.1, 0.15) is 13.8 Å². The van der Waals surface area contributed by atoms with Crippen LogP contribution in [0.25, 0.3) is 0 Å². The van der Waals surface area contributed by atoms with E-state index in [-0.39, 0.29) is 11.4 Å². The number of methoxy groups -OCH3 is 2. The fraction of sp³-hybridized carbons (Fsp3) is 0.667. The van der Waals surface area contributed by atoms with Crippen molar-refractivity contribution in [1.82, 2.24) is 10.4 Å². The van der Waals surface area contributed by atoms with E-state index >= 15 is 0 Å². The number of ether oxygens (including phenoxy) is 2. The third-order valence-corrected chi connectivity index (χ3v) is 2.52. The lowest BCUT2D eigenvalue weighted by Crippen LogP contribution is -2.53. The molecular formula is C9H17N3O4. The molecule has 16 heavy (non-hydrogen) atoms. The van der Waals surface area contributed by atoms with E-state index in [1.807, 2.05) is 0 Å². The van der Waals surface area contributed by atoms with Crippen molar-refractivity contribution in [2.45, 2.75) is 25.4 Å². The number of nitrogens with zero attached hydrogens (tertiary/aromatic N) is 1. The highest BCUT2D eigenvalue weighted by molar-refractivity contribution is 5.73. The van der Waals surface area contributed by atoms with Crippen molar-refractivity contribution in [3.8, 4) is 0 Å². The maximum atomic E-state index is 10.7. The molecule has 1 heterocycles. The fourth-order valence-corrected chi connectivity index (χ4v) is 1.69. The number of aldehydes is 1. The van der Waals surface area contributed by atoms with Crippen LogP contribution in [-0.2, 0) is 14.3 Å². The van der Waals surface area contributed by atoms with Crippen molar-refractivity contribution < 1.29 is 19.5 Å². The highest BCUT2D eigenvalue weighted by atomic mass is 16.8. The minimum absolute atomic E-state index is 0.0895. The van der Waals surface area contributed by atoms with Gasteiger partial charge in [-0.25, -0.2) is 0 Å². The summed E-state index contributed by atoms with van der Waals surface area (Å²) in [5, 5.41) is 13.7. The molecule has 7 nitrogen and oxygen atoms in total. The topological polar surface area (TPSA) is 97.0 Å². The maximum Gasteiger partial charge on any atom is 0.299 e. The lowest BCUT2D eigenvalue weighted by atomic mass is 10.3. The molecule has 0 bridgehead atoms. The lowest BCUT2D eigenvalue weighted by molar-refractivity contribution is -0.367. The maximum absolute atomic E-state index is 10.7. The second-order valence-corrected chi connectivity index (χ2v) is 3.93. The molecule has 0 amide bonds. The number of nitrogens with two attached hydrogens (primary N) is 1. The molecule has 1 aliphatic rings. The Balaban J connectivity index is 3.35. The molecule has 0 aliphatic carbocycles. The first-order valence-electron chi connectivity index (χ1n) is 4.69. The normalized spacial score (nSPS) is 26.3. The molecule has 0 aromatic heterocycles. The number of rotatable bonds is 3. The second kappa shape index (κ2) is 4.02. The molecule has 0 spiro atoms. The van der Waals surface area contributed by atoms with E-state index in [0.717, 1.165) is 5.06 Å². The summed E-state index contributed by atoms with van der Waals surface area (Å²) in [5.41, 5.74) is 4.76. The molecule has 0 aromatic carbocycles. The van der Waals surface area contributed by atoms with Gasteiger partial charge in [-0.3, -0.25) is 4.79 Å². The SMILES string of the molecule is COC1(OC)/C(=C(/N)C=O)NC(C)(C)N1O. The second-order valence-electron chi connectivity index (χ2n) is 3.93. The third-order valence-electron chi connectivity index (χ3n) is 2.52. The van der Waals surface area contributed by atoms with Crippen LogP contribution in [-0.4, -0.2) is 42.4 Å². The van der Waals surface area contributed by atoms with E-state index in [1.54, 1.807) is 13.8 Å². The Hall–Kier alpha value is -1.15. The number of hydrogen-bond donors (Lipinski definition) is 3. The van der Waals surface area contributed by atoms with Gasteiger partial charge in [0.1, 0.15) is 11.4 Å². The van der Waals surface area contributed by atoms with Gasteiger partial charge in [-0.2, -0.15) is 0 Å². The molecule has 1 fully saturated rings. The predicted molar refractivity (Wildman–Crippen MR) is 54.9 cm³/mol. The van der Waals surface area contributed by atoms with Gasteiger partial charge in [-0.05, 0) is 13.8 Å². The lowest BCUT2D eigenvalue weighted by Gasteiger charge is -2.34. The first-order valence-corrected chi connectivity index (χ1v) is 4.69. The van der Waals surface area contributed by atoms with Gasteiger partial charge in [0.25, 0.3) is 5.91 Å². The van der Waals surface area contributed by atoms with E-state index in [9.17, 15) is 10.0 Å². The zero-order chi connectivity index (χ0) is 12.6. The first kappa shape index (κ1) is 12.9. The van der Waals surface area contributed by atoms with Crippen LogP contribution in [0.5, 0.6) is 0 Å². The van der Waals surface area contributed by atoms with Crippen molar-refractivity contribution >= 4 is 6.29 Å². The molecule has 0 saturated carbocycles. The van der Waals surface area contributed by atoms with E-state index in [0.29, 0.717) is 6.29 Å². The standard InChI is InChI=1S/C9H17N3O4/c1-8(2)11-7(6(10)5-13)9(15-3,16-4)12(8)14/h5,11,14H,10H2,1-4H3/b7-6-. The molecule has 4 N–H and O–H groups in total. The van der Waals surface area contributed by atoms with E-state index < -0.39 is 11.6 Å². The van der Waals surface area contributed by atoms with E-state index in [1.165, 1.54) is 14.2 Å². The number of carbonyl (C=O) groups excluding carboxylic acids is 1. The Labute approximate surface area is 93.7 Å². The Morgan fingerprint density at radius 3 is 2.38 bits per heavy atom. The quantitative estimate of drug-likeness (QED) is 0.337. The molecule has 1 aliphatic heterocycles. The fourth-order valence-electron chi connectivity index (χ4n) is 1.69. The number of hydroxylamine groups is 2. The Morgan fingerprint density at radius 2 is 2.00 bits per heavy atom. The van der Waals surface area contributed by atoms with Gasteiger partial charge >= 0.3 is 0 Å². The van der Waals surface area contributed by atoms with Crippen molar-refractivity contribution in [2.75, 3.05) is 14.2 Å². The van der Waals surface area contributed by atoms with Gasteiger partial charge in [0.2, 0.25) is 0 Å². The molecule has 0 atom stereocenters. The summed E-state index contributed by atoms with van der Waals surface area (Å²) in [6.45, 7) is 3.37. The van der Waals surface area contributed by atoms with Gasteiger partial charge in [-0.1, -0.05) is 0 Å². The summed E-state index contributed by atoms with van der Waals surface area (Å²) in [5.74, 6) is -1.59. The van der Waals surface area contributed by atoms with Crippen LogP contribution >= 0.6 is 0 Å². The number of carbonyl (C=O) groups is 1. The van der Waals surface area contributed by atoms with Gasteiger partial charge in [0.15, 0.2) is 6.29 Å². The van der Waals surface area contributed by atoms with Crippen LogP contribution in [0.2, 0.25) is 0 Å². The van der Waals surface area contributed by atoms with Gasteiger partial charge < -0.3 is 25.7 Å². The van der Waals surface area contributed by atoms with Gasteiger partial charge in [-0.15, -0.1) is 5.06 Å². The summed E-state index contributed by atoms with van der Waals surface area (Å²) in [6, 6.07) is 0. The summed E-state index contributed by atoms with van der Waals surface area (Å²) in [4.78, 5) is 10.7. The van der Waals surface area contributed by atoms with Crippen LogP contribution < -0.4 is 11.1 Å². The van der Waals surface area contributed by atoms with Crippen molar-refractivity contribution in [3.05, 3.63) is 11.4 Å². The third kappa shape index (κ3) is 1.57. The number of hydrogen-bond acceptors (Lipinski definition) is 7. The largest absolute Gasteiger partial charge is 0.394 e. The van der Waals surface area contributed by atoms with Crippen LogP contribution in [0.4, 0.5) is 0 Å².